The van der Waals surface area contributed by atoms with Gasteiger partial charge in [0.05, 0.1) is 17.9 Å². The number of carbonyl (C=O) groups is 3. The van der Waals surface area contributed by atoms with E-state index >= 15 is 0 Å². The van der Waals surface area contributed by atoms with Crippen LogP contribution in [0.5, 0.6) is 0 Å². The Bertz CT molecular complexity index is 1180. The van der Waals surface area contributed by atoms with Crippen molar-refractivity contribution < 1.29 is 19.1 Å². The van der Waals surface area contributed by atoms with Gasteiger partial charge in [-0.05, 0) is 61.6 Å². The van der Waals surface area contributed by atoms with Crippen molar-refractivity contribution >= 4 is 23.4 Å². The molecule has 2 aliphatic carbocycles. The van der Waals surface area contributed by atoms with E-state index in [-0.39, 0.29) is 29.8 Å². The van der Waals surface area contributed by atoms with Gasteiger partial charge >= 0.3 is 0 Å². The lowest BCUT2D eigenvalue weighted by molar-refractivity contribution is -0.146. The average molecular weight is 534 g/mol. The van der Waals surface area contributed by atoms with Gasteiger partial charge in [-0.1, -0.05) is 70.7 Å². The lowest BCUT2D eigenvalue weighted by Crippen LogP contribution is -2.60. The molecule has 2 bridgehead atoms. The monoisotopic (exact) mass is 533 g/mol. The fraction of sp³-hybridized carbons (Fsp3) is 0.656. The Hall–Kier alpha value is -2.67. The van der Waals surface area contributed by atoms with Gasteiger partial charge in [-0.2, -0.15) is 0 Å². The molecule has 4 fully saturated rings. The Morgan fingerprint density at radius 1 is 1.00 bits per heavy atom. The van der Waals surface area contributed by atoms with E-state index in [1.807, 2.05) is 48.2 Å². The number of likely N-dealkylation sites (tertiary alicyclic amines) is 1. The molecule has 1 aromatic rings. The molecule has 0 aromatic heterocycles. The smallest absolute Gasteiger partial charge is 0.246 e. The number of carbonyl (C=O) groups excluding carboxylic acids is 3. The third kappa shape index (κ3) is 4.32. The largest absolute Gasteiger partial charge is 0.359 e. The summed E-state index contributed by atoms with van der Waals surface area (Å²) in [7, 11) is 0. The summed E-state index contributed by atoms with van der Waals surface area (Å²) < 4.78 is 6.58. The average Bonchev–Trinajstić information content (AvgIpc) is 3.54. The predicted molar refractivity (Wildman–Crippen MR) is 150 cm³/mol. The highest BCUT2D eigenvalue weighted by Crippen LogP contribution is 2.56. The minimum atomic E-state index is -1.11. The second-order valence-electron chi connectivity index (χ2n) is 13.0. The zero-order valence-electron chi connectivity index (χ0n) is 23.7. The number of hydrogen-bond acceptors (Lipinski definition) is 4. The van der Waals surface area contributed by atoms with Crippen LogP contribution in [0.1, 0.15) is 71.3 Å². The molecule has 6 rings (SSSR count). The number of ether oxygens (including phenoxy) is 1. The Balaban J connectivity index is 1.34. The number of fused-ring (bicyclic) bond motifs is 1. The lowest BCUT2D eigenvalue weighted by Gasteiger charge is -2.42. The zero-order valence-corrected chi connectivity index (χ0v) is 23.7. The topological polar surface area (TPSA) is 87.7 Å². The van der Waals surface area contributed by atoms with Crippen molar-refractivity contribution in [3.05, 3.63) is 42.0 Å². The van der Waals surface area contributed by atoms with Crippen molar-refractivity contribution in [1.82, 2.24) is 10.2 Å². The molecule has 10 atom stereocenters. The summed E-state index contributed by atoms with van der Waals surface area (Å²) in [5, 5.41) is 6.42. The van der Waals surface area contributed by atoms with Crippen molar-refractivity contribution in [3.63, 3.8) is 0 Å². The first kappa shape index (κ1) is 26.5. The van der Waals surface area contributed by atoms with Gasteiger partial charge in [-0.3, -0.25) is 14.4 Å². The van der Waals surface area contributed by atoms with Crippen LogP contribution in [-0.2, 0) is 19.1 Å². The highest BCUT2D eigenvalue weighted by Gasteiger charge is 2.73. The first-order chi connectivity index (χ1) is 18.7. The molecule has 7 nitrogen and oxygen atoms in total. The molecular weight excluding hydrogens is 490 g/mol. The summed E-state index contributed by atoms with van der Waals surface area (Å²) in [6.45, 7) is 8.65. The Labute approximate surface area is 232 Å². The molecule has 2 saturated carbocycles. The van der Waals surface area contributed by atoms with Crippen molar-refractivity contribution in [3.8, 4) is 0 Å². The van der Waals surface area contributed by atoms with Crippen LogP contribution in [0.4, 0.5) is 5.69 Å². The molecule has 10 unspecified atom stereocenters. The maximum Gasteiger partial charge on any atom is 0.246 e. The van der Waals surface area contributed by atoms with E-state index in [0.717, 1.165) is 44.1 Å². The normalized spacial score (nSPS) is 41.0. The van der Waals surface area contributed by atoms with Gasteiger partial charge < -0.3 is 20.3 Å². The Morgan fingerprint density at radius 2 is 1.77 bits per heavy atom. The lowest BCUT2D eigenvalue weighted by atomic mass is 9.73. The van der Waals surface area contributed by atoms with Crippen LogP contribution in [0.25, 0.3) is 0 Å². The van der Waals surface area contributed by atoms with Crippen LogP contribution >= 0.6 is 0 Å². The van der Waals surface area contributed by atoms with E-state index in [4.69, 9.17) is 4.74 Å². The van der Waals surface area contributed by atoms with E-state index < -0.39 is 29.6 Å². The number of benzene rings is 1. The second-order valence-corrected chi connectivity index (χ2v) is 13.0. The van der Waals surface area contributed by atoms with Crippen LogP contribution in [0.3, 0.4) is 0 Å². The summed E-state index contributed by atoms with van der Waals surface area (Å²) in [5.41, 5.74) is 0.644. The Morgan fingerprint density at radius 3 is 2.54 bits per heavy atom. The molecule has 0 radical (unpaired) electrons. The van der Waals surface area contributed by atoms with Crippen LogP contribution in [0.15, 0.2) is 36.4 Å². The summed E-state index contributed by atoms with van der Waals surface area (Å²) in [6, 6.07) is 6.97. The van der Waals surface area contributed by atoms with Crippen LogP contribution < -0.4 is 10.6 Å². The quantitative estimate of drug-likeness (QED) is 0.542. The minimum Gasteiger partial charge on any atom is -0.359 e. The van der Waals surface area contributed by atoms with E-state index in [1.165, 1.54) is 6.42 Å². The number of nitrogens with one attached hydrogen (secondary N) is 2. The fourth-order valence-corrected chi connectivity index (χ4v) is 8.27. The standard InChI is InChI=1S/C32H43N3O4/c1-18-9-7-12-22(17-18)33-29(36)26-25-15-16-32(39-25)27(26)31(38)35(24-14-6-5-10-20(24)3)28(32)30(37)34-23-13-8-11-19(2)21(23)4/h7,9,12,15-17,19-21,23-28H,5-6,8,10-11,13-14H2,1-4H3,(H,33,36)(H,34,37). The molecule has 5 aliphatic rings. The molecule has 3 aliphatic heterocycles. The third-order valence-corrected chi connectivity index (χ3v) is 10.6. The number of anilines is 1. The van der Waals surface area contributed by atoms with Crippen molar-refractivity contribution in [1.29, 1.82) is 0 Å². The SMILES string of the molecule is Cc1cccc(NC(=O)C2C3C=CC4(O3)C2C(=O)N(C2CCCCC2C)C4C(=O)NC2CCCC(C)C2C)c1. The minimum absolute atomic E-state index is 0.0267. The first-order valence-corrected chi connectivity index (χ1v) is 15.1. The van der Waals surface area contributed by atoms with Crippen LogP contribution in [0.2, 0.25) is 0 Å². The van der Waals surface area contributed by atoms with Gasteiger partial charge in [0.2, 0.25) is 17.7 Å². The van der Waals surface area contributed by atoms with E-state index in [0.29, 0.717) is 23.4 Å². The second kappa shape index (κ2) is 10.1. The summed E-state index contributed by atoms with van der Waals surface area (Å²) in [5.74, 6) is -0.608. The van der Waals surface area contributed by atoms with Crippen LogP contribution in [0, 0.1) is 36.5 Å². The maximum atomic E-state index is 14.4. The highest BCUT2D eigenvalue weighted by atomic mass is 16.5. The molecule has 210 valence electrons. The fourth-order valence-electron chi connectivity index (χ4n) is 8.27. The molecule has 39 heavy (non-hydrogen) atoms. The summed E-state index contributed by atoms with van der Waals surface area (Å²) >= 11 is 0. The number of rotatable bonds is 5. The molecule has 3 heterocycles. The molecule has 3 amide bonds. The number of amides is 3. The maximum absolute atomic E-state index is 14.4. The first-order valence-electron chi connectivity index (χ1n) is 15.1. The summed E-state index contributed by atoms with van der Waals surface area (Å²) in [4.78, 5) is 44.3. The molecule has 2 N–H and O–H groups in total. The molecule has 7 heteroatoms. The number of nitrogens with zero attached hydrogens (tertiary/aromatic N) is 1. The van der Waals surface area contributed by atoms with Crippen molar-refractivity contribution in [2.75, 3.05) is 5.32 Å². The number of hydrogen-bond donors (Lipinski definition) is 2. The van der Waals surface area contributed by atoms with Gasteiger partial charge in [-0.15, -0.1) is 0 Å². The van der Waals surface area contributed by atoms with Crippen molar-refractivity contribution in [2.24, 2.45) is 29.6 Å². The van der Waals surface area contributed by atoms with E-state index in [9.17, 15) is 14.4 Å². The molecule has 2 saturated heterocycles. The molecule has 1 spiro atoms. The van der Waals surface area contributed by atoms with Gasteiger partial charge in [0.25, 0.3) is 0 Å². The van der Waals surface area contributed by atoms with Gasteiger partial charge in [0.15, 0.2) is 0 Å². The van der Waals surface area contributed by atoms with Gasteiger partial charge in [0.1, 0.15) is 11.6 Å². The molecular formula is C32H43N3O4. The van der Waals surface area contributed by atoms with Crippen LogP contribution in [-0.4, -0.2) is 52.5 Å². The van der Waals surface area contributed by atoms with E-state index in [2.05, 4.69) is 31.4 Å². The zero-order chi connectivity index (χ0) is 27.5. The van der Waals surface area contributed by atoms with E-state index in [1.54, 1.807) is 0 Å². The Kier molecular flexibility index (Phi) is 6.85. The van der Waals surface area contributed by atoms with Crippen molar-refractivity contribution in [2.45, 2.75) is 102 Å². The van der Waals surface area contributed by atoms with Gasteiger partial charge in [0, 0.05) is 17.8 Å². The highest BCUT2D eigenvalue weighted by molar-refractivity contribution is 6.03. The van der Waals surface area contributed by atoms with Gasteiger partial charge in [-0.25, -0.2) is 0 Å². The predicted octanol–water partition coefficient (Wildman–Crippen LogP) is 4.60. The summed E-state index contributed by atoms with van der Waals surface area (Å²) in [6.07, 6.45) is 10.6. The third-order valence-electron chi connectivity index (χ3n) is 10.6. The molecule has 1 aromatic carbocycles. The number of aryl methyl sites for hydroxylation is 1.